The molecule has 142 valence electrons. The molecule has 2 aromatic rings. The van der Waals surface area contributed by atoms with E-state index in [4.69, 9.17) is 0 Å². The number of benzene rings is 2. The van der Waals surface area contributed by atoms with Crippen molar-refractivity contribution in [2.24, 2.45) is 5.92 Å². The lowest BCUT2D eigenvalue weighted by molar-refractivity contribution is -0.138. The van der Waals surface area contributed by atoms with Crippen LogP contribution in [-0.4, -0.2) is 18.4 Å². The summed E-state index contributed by atoms with van der Waals surface area (Å²) in [6, 6.07) is 11.8. The van der Waals surface area contributed by atoms with Gasteiger partial charge in [-0.1, -0.05) is 30.3 Å². The van der Waals surface area contributed by atoms with Crippen molar-refractivity contribution < 1.29 is 22.8 Å². The summed E-state index contributed by atoms with van der Waals surface area (Å²) in [5.41, 5.74) is 1.25. The molecule has 0 radical (unpaired) electrons. The van der Waals surface area contributed by atoms with E-state index in [1.807, 2.05) is 19.1 Å². The molecule has 0 aliphatic carbocycles. The molecular formula is C20H19F3N2O2. The number of carbonyl (C=O) groups is 2. The Bertz CT molecular complexity index is 847. The number of nitrogens with one attached hydrogen (secondary N) is 2. The van der Waals surface area contributed by atoms with E-state index in [-0.39, 0.29) is 0 Å². The molecule has 1 fully saturated rings. The maximum atomic E-state index is 12.8. The smallest absolute Gasteiger partial charge is 0.355 e. The predicted molar refractivity (Wildman–Crippen MR) is 95.1 cm³/mol. The van der Waals surface area contributed by atoms with Crippen LogP contribution in [-0.2, 0) is 15.8 Å². The quantitative estimate of drug-likeness (QED) is 0.799. The van der Waals surface area contributed by atoms with Gasteiger partial charge in [0.05, 0.1) is 5.56 Å². The van der Waals surface area contributed by atoms with Crippen molar-refractivity contribution in [1.29, 1.82) is 0 Å². The topological polar surface area (TPSA) is 58.2 Å². The first-order valence-electron chi connectivity index (χ1n) is 8.59. The van der Waals surface area contributed by atoms with Crippen LogP contribution in [0.3, 0.4) is 0 Å². The molecule has 2 amide bonds. The second kappa shape index (κ2) is 7.42. The molecule has 0 spiro atoms. The Balaban J connectivity index is 1.86. The standard InChI is InChI=1S/C20H19F3N2O2/c1-12-4-2-3-5-16(12)25-19(27)17-15(10-11-24-18(17)26)13-6-8-14(9-7-13)20(21,22)23/h2-9,15,17H,10-11H2,1H3,(H,24,26)(H,25,27). The Kier molecular flexibility index (Phi) is 5.21. The zero-order valence-electron chi connectivity index (χ0n) is 14.6. The fourth-order valence-corrected chi connectivity index (χ4v) is 3.31. The van der Waals surface area contributed by atoms with E-state index in [0.29, 0.717) is 24.2 Å². The summed E-state index contributed by atoms with van der Waals surface area (Å²) < 4.78 is 38.3. The molecule has 1 heterocycles. The van der Waals surface area contributed by atoms with Gasteiger partial charge >= 0.3 is 6.18 Å². The van der Waals surface area contributed by atoms with Gasteiger partial charge in [0.1, 0.15) is 5.92 Å². The third-order valence-electron chi connectivity index (χ3n) is 4.79. The summed E-state index contributed by atoms with van der Waals surface area (Å²) in [6.07, 6.45) is -3.95. The van der Waals surface area contributed by atoms with Crippen molar-refractivity contribution in [3.8, 4) is 0 Å². The number of aryl methyl sites for hydroxylation is 1. The molecule has 2 N–H and O–H groups in total. The van der Waals surface area contributed by atoms with Gasteiger partial charge in [-0.3, -0.25) is 9.59 Å². The van der Waals surface area contributed by atoms with E-state index >= 15 is 0 Å². The van der Waals surface area contributed by atoms with Crippen LogP contribution in [0.15, 0.2) is 48.5 Å². The summed E-state index contributed by atoms with van der Waals surface area (Å²) in [7, 11) is 0. The van der Waals surface area contributed by atoms with Crippen LogP contribution in [0, 0.1) is 12.8 Å². The first-order chi connectivity index (χ1) is 12.8. The largest absolute Gasteiger partial charge is 0.416 e. The minimum Gasteiger partial charge on any atom is -0.355 e. The number of piperidine rings is 1. The summed E-state index contributed by atoms with van der Waals surface area (Å²) >= 11 is 0. The van der Waals surface area contributed by atoms with Crippen LogP contribution < -0.4 is 10.6 Å². The summed E-state index contributed by atoms with van der Waals surface area (Å²) in [5.74, 6) is -2.37. The summed E-state index contributed by atoms with van der Waals surface area (Å²) in [4.78, 5) is 25.2. The molecule has 27 heavy (non-hydrogen) atoms. The highest BCUT2D eigenvalue weighted by Crippen LogP contribution is 2.35. The van der Waals surface area contributed by atoms with Crippen LogP contribution in [0.1, 0.15) is 29.0 Å². The van der Waals surface area contributed by atoms with Gasteiger partial charge < -0.3 is 10.6 Å². The maximum absolute atomic E-state index is 12.8. The number of para-hydroxylation sites is 1. The van der Waals surface area contributed by atoms with Gasteiger partial charge in [0.15, 0.2) is 0 Å². The van der Waals surface area contributed by atoms with E-state index in [0.717, 1.165) is 17.7 Å². The normalized spacial score (nSPS) is 20.1. The first kappa shape index (κ1) is 18.9. The molecule has 0 saturated carbocycles. The minimum atomic E-state index is -4.43. The molecule has 3 rings (SSSR count). The van der Waals surface area contributed by atoms with E-state index in [9.17, 15) is 22.8 Å². The van der Waals surface area contributed by atoms with Gasteiger partial charge in [-0.05, 0) is 42.7 Å². The number of alkyl halides is 3. The monoisotopic (exact) mass is 376 g/mol. The van der Waals surface area contributed by atoms with E-state index in [1.165, 1.54) is 12.1 Å². The predicted octanol–water partition coefficient (Wildman–Crippen LogP) is 3.87. The van der Waals surface area contributed by atoms with Gasteiger partial charge in [0.2, 0.25) is 11.8 Å². The Hall–Kier alpha value is -2.83. The molecule has 1 saturated heterocycles. The number of amides is 2. The fourth-order valence-electron chi connectivity index (χ4n) is 3.31. The van der Waals surface area contributed by atoms with Crippen molar-refractivity contribution in [3.63, 3.8) is 0 Å². The van der Waals surface area contributed by atoms with Crippen LogP contribution in [0.4, 0.5) is 18.9 Å². The molecular weight excluding hydrogens is 357 g/mol. The second-order valence-corrected chi connectivity index (χ2v) is 6.59. The van der Waals surface area contributed by atoms with Gasteiger partial charge in [0.25, 0.3) is 0 Å². The van der Waals surface area contributed by atoms with Gasteiger partial charge in [0, 0.05) is 18.2 Å². The SMILES string of the molecule is Cc1ccccc1NC(=O)C1C(=O)NCCC1c1ccc(C(F)(F)F)cc1. The number of rotatable bonds is 3. The molecule has 1 aliphatic heterocycles. The Morgan fingerprint density at radius 3 is 2.41 bits per heavy atom. The highest BCUT2D eigenvalue weighted by Gasteiger charge is 2.39. The number of anilines is 1. The van der Waals surface area contributed by atoms with E-state index < -0.39 is 35.4 Å². The summed E-state index contributed by atoms with van der Waals surface area (Å²) in [5, 5.41) is 5.43. The Morgan fingerprint density at radius 2 is 1.78 bits per heavy atom. The molecule has 1 aliphatic rings. The zero-order chi connectivity index (χ0) is 19.6. The lowest BCUT2D eigenvalue weighted by Gasteiger charge is -2.30. The van der Waals surface area contributed by atoms with Crippen LogP contribution in [0.25, 0.3) is 0 Å². The van der Waals surface area contributed by atoms with Crippen LogP contribution >= 0.6 is 0 Å². The third-order valence-corrected chi connectivity index (χ3v) is 4.79. The highest BCUT2D eigenvalue weighted by atomic mass is 19.4. The van der Waals surface area contributed by atoms with Gasteiger partial charge in [-0.25, -0.2) is 0 Å². The lowest BCUT2D eigenvalue weighted by atomic mass is 9.79. The zero-order valence-corrected chi connectivity index (χ0v) is 14.6. The molecule has 2 atom stereocenters. The van der Waals surface area contributed by atoms with Crippen molar-refractivity contribution in [3.05, 3.63) is 65.2 Å². The van der Waals surface area contributed by atoms with Crippen molar-refractivity contribution in [2.75, 3.05) is 11.9 Å². The lowest BCUT2D eigenvalue weighted by Crippen LogP contribution is -2.46. The van der Waals surface area contributed by atoms with E-state index in [2.05, 4.69) is 10.6 Å². The second-order valence-electron chi connectivity index (χ2n) is 6.59. The van der Waals surface area contributed by atoms with Gasteiger partial charge in [-0.15, -0.1) is 0 Å². The minimum absolute atomic E-state index is 0.374. The highest BCUT2D eigenvalue weighted by molar-refractivity contribution is 6.07. The van der Waals surface area contributed by atoms with Gasteiger partial charge in [-0.2, -0.15) is 13.2 Å². The molecule has 7 heteroatoms. The summed E-state index contributed by atoms with van der Waals surface area (Å²) in [6.45, 7) is 2.21. The molecule has 2 unspecified atom stereocenters. The molecule has 2 aromatic carbocycles. The van der Waals surface area contributed by atoms with Crippen LogP contribution in [0.5, 0.6) is 0 Å². The number of halogens is 3. The number of hydrogen-bond acceptors (Lipinski definition) is 2. The van der Waals surface area contributed by atoms with Crippen LogP contribution in [0.2, 0.25) is 0 Å². The van der Waals surface area contributed by atoms with Crippen molar-refractivity contribution in [1.82, 2.24) is 5.32 Å². The fraction of sp³-hybridized carbons (Fsp3) is 0.300. The third kappa shape index (κ3) is 4.13. The Morgan fingerprint density at radius 1 is 1.11 bits per heavy atom. The number of carbonyl (C=O) groups excluding carboxylic acids is 2. The van der Waals surface area contributed by atoms with E-state index in [1.54, 1.807) is 12.1 Å². The maximum Gasteiger partial charge on any atom is 0.416 e. The average Bonchev–Trinajstić information content (AvgIpc) is 2.62. The molecule has 4 nitrogen and oxygen atoms in total. The first-order valence-corrected chi connectivity index (χ1v) is 8.59. The molecule has 0 aromatic heterocycles. The average molecular weight is 376 g/mol. The van der Waals surface area contributed by atoms with Crippen molar-refractivity contribution >= 4 is 17.5 Å². The van der Waals surface area contributed by atoms with Crippen molar-refractivity contribution in [2.45, 2.75) is 25.4 Å². The molecule has 0 bridgehead atoms. The Labute approximate surface area is 154 Å². The number of hydrogen-bond donors (Lipinski definition) is 2.